The highest BCUT2D eigenvalue weighted by atomic mass is 79.9. The Balaban J connectivity index is 3.21. The predicted molar refractivity (Wildman–Crippen MR) is 48.7 cm³/mol. The average molecular weight is 209 g/mol. The third kappa shape index (κ3) is 5.24. The van der Waals surface area contributed by atoms with Crippen molar-refractivity contribution in [2.75, 3.05) is 19.0 Å². The molecule has 10 heavy (non-hydrogen) atoms. The zero-order valence-corrected chi connectivity index (χ0v) is 8.49. The van der Waals surface area contributed by atoms with E-state index in [1.54, 1.807) is 7.11 Å². The summed E-state index contributed by atoms with van der Waals surface area (Å²) < 4.78 is 5.01. The largest absolute Gasteiger partial charge is 0.385 e. The van der Waals surface area contributed by atoms with Crippen LogP contribution in [0.3, 0.4) is 0 Å². The molecule has 0 aliphatic heterocycles. The van der Waals surface area contributed by atoms with Crippen LogP contribution in [0.15, 0.2) is 0 Å². The number of hydrogen-bond donors (Lipinski definition) is 0. The zero-order valence-electron chi connectivity index (χ0n) is 6.90. The molecule has 0 heterocycles. The number of rotatable bonds is 6. The average Bonchev–Trinajstić information content (AvgIpc) is 1.98. The van der Waals surface area contributed by atoms with Gasteiger partial charge in [-0.15, -0.1) is 0 Å². The lowest BCUT2D eigenvalue weighted by molar-refractivity contribution is 0.175. The van der Waals surface area contributed by atoms with Gasteiger partial charge in [-0.25, -0.2) is 0 Å². The van der Waals surface area contributed by atoms with E-state index in [0.717, 1.165) is 17.9 Å². The molecule has 62 valence electrons. The SMILES string of the molecule is CCC(CCBr)CCOC. The summed E-state index contributed by atoms with van der Waals surface area (Å²) in [5.74, 6) is 0.847. The van der Waals surface area contributed by atoms with E-state index in [1.165, 1.54) is 19.3 Å². The number of alkyl halides is 1. The van der Waals surface area contributed by atoms with E-state index in [1.807, 2.05) is 0 Å². The summed E-state index contributed by atoms with van der Waals surface area (Å²) in [6.45, 7) is 3.15. The van der Waals surface area contributed by atoms with Crippen LogP contribution in [0, 0.1) is 5.92 Å². The Morgan fingerprint density at radius 1 is 1.40 bits per heavy atom. The standard InChI is InChI=1S/C8H17BrO/c1-3-8(4-6-9)5-7-10-2/h8H,3-7H2,1-2H3. The van der Waals surface area contributed by atoms with Gasteiger partial charge in [0.15, 0.2) is 0 Å². The van der Waals surface area contributed by atoms with Crippen molar-refractivity contribution >= 4 is 15.9 Å². The molecule has 0 aromatic rings. The van der Waals surface area contributed by atoms with Crippen molar-refractivity contribution in [2.45, 2.75) is 26.2 Å². The van der Waals surface area contributed by atoms with Gasteiger partial charge in [-0.3, -0.25) is 0 Å². The van der Waals surface area contributed by atoms with E-state index in [0.29, 0.717) is 0 Å². The molecule has 0 aromatic carbocycles. The summed E-state index contributed by atoms with van der Waals surface area (Å²) in [6.07, 6.45) is 3.76. The summed E-state index contributed by atoms with van der Waals surface area (Å²) in [5, 5.41) is 1.12. The molecule has 0 rings (SSSR count). The van der Waals surface area contributed by atoms with Gasteiger partial charge < -0.3 is 4.74 Å². The van der Waals surface area contributed by atoms with Crippen molar-refractivity contribution in [3.8, 4) is 0 Å². The first kappa shape index (κ1) is 10.4. The zero-order chi connectivity index (χ0) is 7.82. The molecule has 0 aliphatic rings. The lowest BCUT2D eigenvalue weighted by Crippen LogP contribution is -2.03. The molecule has 0 amide bonds. The Morgan fingerprint density at radius 2 is 2.10 bits per heavy atom. The molecule has 1 nitrogen and oxygen atoms in total. The Kier molecular flexibility index (Phi) is 7.88. The van der Waals surface area contributed by atoms with E-state index < -0.39 is 0 Å². The number of halogens is 1. The molecule has 0 saturated carbocycles. The first-order chi connectivity index (χ1) is 4.85. The van der Waals surface area contributed by atoms with Crippen molar-refractivity contribution in [3.05, 3.63) is 0 Å². The first-order valence-electron chi connectivity index (χ1n) is 3.90. The minimum atomic E-state index is 0.847. The summed E-state index contributed by atoms with van der Waals surface area (Å²) >= 11 is 3.44. The maximum absolute atomic E-state index is 5.01. The lowest BCUT2D eigenvalue weighted by Gasteiger charge is -2.11. The van der Waals surface area contributed by atoms with Gasteiger partial charge in [0.2, 0.25) is 0 Å². The van der Waals surface area contributed by atoms with Gasteiger partial charge in [0, 0.05) is 19.0 Å². The third-order valence-electron chi connectivity index (χ3n) is 1.82. The van der Waals surface area contributed by atoms with Crippen LogP contribution in [-0.2, 0) is 4.74 Å². The molecule has 0 saturated heterocycles. The third-order valence-corrected chi connectivity index (χ3v) is 2.28. The Bertz CT molecular complexity index is 66.3. The van der Waals surface area contributed by atoms with Crippen molar-refractivity contribution in [1.82, 2.24) is 0 Å². The maximum Gasteiger partial charge on any atom is 0.0464 e. The van der Waals surface area contributed by atoms with Crippen LogP contribution in [0.5, 0.6) is 0 Å². The highest BCUT2D eigenvalue weighted by molar-refractivity contribution is 9.09. The lowest BCUT2D eigenvalue weighted by atomic mass is 10.0. The van der Waals surface area contributed by atoms with Gasteiger partial charge in [0.1, 0.15) is 0 Å². The quantitative estimate of drug-likeness (QED) is 0.611. The molecule has 0 fully saturated rings. The highest BCUT2D eigenvalue weighted by Crippen LogP contribution is 2.13. The summed E-state index contributed by atoms with van der Waals surface area (Å²) in [4.78, 5) is 0. The Labute approximate surface area is 72.3 Å². The molecule has 1 atom stereocenters. The van der Waals surface area contributed by atoms with Crippen molar-refractivity contribution in [2.24, 2.45) is 5.92 Å². The van der Waals surface area contributed by atoms with Crippen molar-refractivity contribution in [1.29, 1.82) is 0 Å². The predicted octanol–water partition coefficient (Wildman–Crippen LogP) is 2.83. The van der Waals surface area contributed by atoms with Crippen LogP contribution in [0.25, 0.3) is 0 Å². The minimum absolute atomic E-state index is 0.847. The van der Waals surface area contributed by atoms with Crippen LogP contribution in [0.2, 0.25) is 0 Å². The van der Waals surface area contributed by atoms with Crippen LogP contribution in [0.1, 0.15) is 26.2 Å². The Hall–Kier alpha value is 0.440. The second-order valence-electron chi connectivity index (χ2n) is 2.53. The monoisotopic (exact) mass is 208 g/mol. The molecular weight excluding hydrogens is 192 g/mol. The normalized spacial score (nSPS) is 13.5. The van der Waals surface area contributed by atoms with Gasteiger partial charge in [-0.05, 0) is 18.8 Å². The van der Waals surface area contributed by atoms with Crippen LogP contribution >= 0.6 is 15.9 Å². The van der Waals surface area contributed by atoms with E-state index in [4.69, 9.17) is 4.74 Å². The first-order valence-corrected chi connectivity index (χ1v) is 5.02. The fraction of sp³-hybridized carbons (Fsp3) is 1.00. The molecule has 0 aromatic heterocycles. The van der Waals surface area contributed by atoms with Gasteiger partial charge in [0.25, 0.3) is 0 Å². The Morgan fingerprint density at radius 3 is 2.50 bits per heavy atom. The summed E-state index contributed by atoms with van der Waals surface area (Å²) in [7, 11) is 1.76. The molecular formula is C8H17BrO. The smallest absolute Gasteiger partial charge is 0.0464 e. The van der Waals surface area contributed by atoms with Gasteiger partial charge in [-0.2, -0.15) is 0 Å². The van der Waals surface area contributed by atoms with Crippen molar-refractivity contribution < 1.29 is 4.74 Å². The van der Waals surface area contributed by atoms with Crippen molar-refractivity contribution in [3.63, 3.8) is 0 Å². The van der Waals surface area contributed by atoms with E-state index in [2.05, 4.69) is 22.9 Å². The topological polar surface area (TPSA) is 9.23 Å². The second-order valence-corrected chi connectivity index (χ2v) is 3.33. The molecule has 1 unspecified atom stereocenters. The molecule has 0 aliphatic carbocycles. The molecule has 0 radical (unpaired) electrons. The van der Waals surface area contributed by atoms with E-state index in [9.17, 15) is 0 Å². The van der Waals surface area contributed by atoms with Gasteiger partial charge in [0.05, 0.1) is 0 Å². The summed E-state index contributed by atoms with van der Waals surface area (Å²) in [6, 6.07) is 0. The summed E-state index contributed by atoms with van der Waals surface area (Å²) in [5.41, 5.74) is 0. The fourth-order valence-corrected chi connectivity index (χ4v) is 1.64. The number of ether oxygens (including phenoxy) is 1. The van der Waals surface area contributed by atoms with Gasteiger partial charge in [-0.1, -0.05) is 29.3 Å². The van der Waals surface area contributed by atoms with Gasteiger partial charge >= 0.3 is 0 Å². The molecule has 0 spiro atoms. The molecule has 2 heteroatoms. The van der Waals surface area contributed by atoms with E-state index >= 15 is 0 Å². The fourth-order valence-electron chi connectivity index (χ4n) is 0.991. The highest BCUT2D eigenvalue weighted by Gasteiger charge is 2.03. The van der Waals surface area contributed by atoms with Crippen LogP contribution in [-0.4, -0.2) is 19.0 Å². The molecule has 0 bridgehead atoms. The molecule has 0 N–H and O–H groups in total. The minimum Gasteiger partial charge on any atom is -0.385 e. The second kappa shape index (κ2) is 7.55. The van der Waals surface area contributed by atoms with Crippen LogP contribution < -0.4 is 0 Å². The van der Waals surface area contributed by atoms with Crippen LogP contribution in [0.4, 0.5) is 0 Å². The number of methoxy groups -OCH3 is 1. The maximum atomic E-state index is 5.01. The number of hydrogen-bond acceptors (Lipinski definition) is 1. The van der Waals surface area contributed by atoms with E-state index in [-0.39, 0.29) is 0 Å².